The molecule has 1 rings (SSSR count). The number of hydrogen-bond acceptors (Lipinski definition) is 4. The van der Waals surface area contributed by atoms with Gasteiger partial charge in [0.2, 0.25) is 0 Å². The van der Waals surface area contributed by atoms with E-state index in [9.17, 15) is 0 Å². The summed E-state index contributed by atoms with van der Waals surface area (Å²) >= 11 is 0. The highest BCUT2D eigenvalue weighted by Crippen LogP contribution is 2.04. The summed E-state index contributed by atoms with van der Waals surface area (Å²) in [5.74, 6) is 0. The van der Waals surface area contributed by atoms with Gasteiger partial charge in [0.05, 0.1) is 5.56 Å². The molecule has 0 aromatic carbocycles. The maximum absolute atomic E-state index is 8.50. The minimum absolute atomic E-state index is 0.00319. The van der Waals surface area contributed by atoms with E-state index in [2.05, 4.69) is 4.98 Å². The smallest absolute Gasteiger partial charge is 0.159 e. The summed E-state index contributed by atoms with van der Waals surface area (Å²) in [5.41, 5.74) is 0.332. The molecule has 0 N–H and O–H groups in total. The van der Waals surface area contributed by atoms with Gasteiger partial charge < -0.3 is 0 Å². The number of nitrogens with zero attached hydrogens (tertiary/aromatic N) is 4. The van der Waals surface area contributed by atoms with Crippen molar-refractivity contribution in [3.05, 3.63) is 29.1 Å². The lowest BCUT2D eigenvalue weighted by Crippen LogP contribution is -1.91. The monoisotopic (exact) mass is 154 g/mol. The molecule has 4 heteroatoms. The Labute approximate surface area is 68.9 Å². The van der Waals surface area contributed by atoms with Gasteiger partial charge in [-0.05, 0) is 12.1 Å². The minimum atomic E-state index is -0.00319. The van der Waals surface area contributed by atoms with E-state index in [-0.39, 0.29) is 17.0 Å². The summed E-state index contributed by atoms with van der Waals surface area (Å²) in [6.45, 7) is 0. The van der Waals surface area contributed by atoms with Crippen LogP contribution in [-0.4, -0.2) is 4.98 Å². The number of rotatable bonds is 0. The Morgan fingerprint density at radius 2 is 1.75 bits per heavy atom. The number of nitriles is 3. The molecule has 0 amide bonds. The highest BCUT2D eigenvalue weighted by Gasteiger charge is 2.02. The van der Waals surface area contributed by atoms with Crippen LogP contribution in [0.25, 0.3) is 0 Å². The van der Waals surface area contributed by atoms with Crippen molar-refractivity contribution < 1.29 is 0 Å². The standard InChI is InChI=1S/C8H2N4/c9-3-6-1-2-7(4-10)12-8(6)5-11/h1-2H. The summed E-state index contributed by atoms with van der Waals surface area (Å²) in [5, 5.41) is 25.4. The topological polar surface area (TPSA) is 84.3 Å². The van der Waals surface area contributed by atoms with Gasteiger partial charge in [-0.25, -0.2) is 4.98 Å². The second-order valence-electron chi connectivity index (χ2n) is 1.93. The fraction of sp³-hybridized carbons (Fsp3) is 0. The van der Waals surface area contributed by atoms with Crippen molar-refractivity contribution in [2.75, 3.05) is 0 Å². The Kier molecular flexibility index (Phi) is 2.02. The molecule has 0 unspecified atom stereocenters. The predicted molar refractivity (Wildman–Crippen MR) is 38.4 cm³/mol. The zero-order valence-corrected chi connectivity index (χ0v) is 5.94. The Morgan fingerprint density at radius 3 is 2.25 bits per heavy atom. The largest absolute Gasteiger partial charge is 0.225 e. The van der Waals surface area contributed by atoms with Crippen LogP contribution in [0.1, 0.15) is 17.0 Å². The molecular weight excluding hydrogens is 152 g/mol. The fourth-order valence-electron chi connectivity index (χ4n) is 0.697. The molecule has 12 heavy (non-hydrogen) atoms. The fourth-order valence-corrected chi connectivity index (χ4v) is 0.697. The van der Waals surface area contributed by atoms with Gasteiger partial charge in [0.1, 0.15) is 23.9 Å². The molecule has 0 atom stereocenters. The molecule has 0 aliphatic carbocycles. The molecule has 4 nitrogen and oxygen atoms in total. The van der Waals surface area contributed by atoms with E-state index in [1.54, 1.807) is 18.2 Å². The SMILES string of the molecule is N#Cc1ccc(C#N)c(C#N)n1. The Morgan fingerprint density at radius 1 is 1.00 bits per heavy atom. The third-order valence-corrected chi connectivity index (χ3v) is 1.24. The van der Waals surface area contributed by atoms with E-state index >= 15 is 0 Å². The van der Waals surface area contributed by atoms with E-state index in [0.717, 1.165) is 0 Å². The average Bonchev–Trinajstić information content (AvgIpc) is 2.16. The first-order valence-electron chi connectivity index (χ1n) is 3.03. The van der Waals surface area contributed by atoms with Gasteiger partial charge in [0, 0.05) is 0 Å². The van der Waals surface area contributed by atoms with Crippen LogP contribution >= 0.6 is 0 Å². The van der Waals surface area contributed by atoms with Gasteiger partial charge in [-0.2, -0.15) is 15.8 Å². The van der Waals surface area contributed by atoms with Crippen LogP contribution in [0.2, 0.25) is 0 Å². The van der Waals surface area contributed by atoms with Crippen molar-refractivity contribution in [2.45, 2.75) is 0 Å². The molecule has 0 aliphatic heterocycles. The molecule has 0 spiro atoms. The van der Waals surface area contributed by atoms with Crippen LogP contribution in [-0.2, 0) is 0 Å². The van der Waals surface area contributed by atoms with Gasteiger partial charge in [-0.3, -0.25) is 0 Å². The van der Waals surface area contributed by atoms with Crippen LogP contribution in [0.4, 0.5) is 0 Å². The van der Waals surface area contributed by atoms with Crippen LogP contribution in [0.3, 0.4) is 0 Å². The highest BCUT2D eigenvalue weighted by molar-refractivity contribution is 5.42. The lowest BCUT2D eigenvalue weighted by molar-refractivity contribution is 1.20. The van der Waals surface area contributed by atoms with E-state index in [1.165, 1.54) is 12.1 Å². The third-order valence-electron chi connectivity index (χ3n) is 1.24. The van der Waals surface area contributed by atoms with Crippen molar-refractivity contribution >= 4 is 0 Å². The van der Waals surface area contributed by atoms with Crippen molar-refractivity contribution in [1.82, 2.24) is 4.98 Å². The van der Waals surface area contributed by atoms with Crippen molar-refractivity contribution in [3.8, 4) is 18.2 Å². The quantitative estimate of drug-likeness (QED) is 0.550. The zero-order valence-electron chi connectivity index (χ0n) is 5.94. The van der Waals surface area contributed by atoms with Gasteiger partial charge in [-0.1, -0.05) is 0 Å². The lowest BCUT2D eigenvalue weighted by Gasteiger charge is -1.91. The number of hydrogen-bond donors (Lipinski definition) is 0. The molecule has 0 bridgehead atoms. The predicted octanol–water partition coefficient (Wildman–Crippen LogP) is 0.697. The van der Waals surface area contributed by atoms with E-state index < -0.39 is 0 Å². The first kappa shape index (κ1) is 7.72. The molecule has 0 saturated carbocycles. The summed E-state index contributed by atoms with van der Waals surface area (Å²) in [6.07, 6.45) is 0. The number of aromatic nitrogens is 1. The molecule has 0 radical (unpaired) electrons. The molecule has 1 heterocycles. The Hall–Kier alpha value is -2.38. The van der Waals surface area contributed by atoms with Crippen LogP contribution < -0.4 is 0 Å². The highest BCUT2D eigenvalue weighted by atomic mass is 14.7. The van der Waals surface area contributed by atoms with Crippen molar-refractivity contribution in [1.29, 1.82) is 15.8 Å². The molecule has 1 aromatic rings. The van der Waals surface area contributed by atoms with Crippen molar-refractivity contribution in [3.63, 3.8) is 0 Å². The molecule has 0 fully saturated rings. The van der Waals surface area contributed by atoms with Gasteiger partial charge in [-0.15, -0.1) is 0 Å². The second-order valence-corrected chi connectivity index (χ2v) is 1.93. The minimum Gasteiger partial charge on any atom is -0.225 e. The zero-order chi connectivity index (χ0) is 8.97. The maximum atomic E-state index is 8.50. The summed E-state index contributed by atoms with van der Waals surface area (Å²) < 4.78 is 0. The van der Waals surface area contributed by atoms with Crippen LogP contribution in [0.15, 0.2) is 12.1 Å². The summed E-state index contributed by atoms with van der Waals surface area (Å²) in [4.78, 5) is 3.64. The van der Waals surface area contributed by atoms with E-state index in [0.29, 0.717) is 0 Å². The first-order valence-corrected chi connectivity index (χ1v) is 3.03. The van der Waals surface area contributed by atoms with Crippen molar-refractivity contribution in [2.24, 2.45) is 0 Å². The Bertz CT molecular complexity index is 428. The molecule has 0 aliphatic rings. The molecular formula is C8H2N4. The number of pyridine rings is 1. The summed E-state index contributed by atoms with van der Waals surface area (Å²) in [6, 6.07) is 8.13. The van der Waals surface area contributed by atoms with E-state index in [1.807, 2.05) is 0 Å². The second kappa shape index (κ2) is 3.14. The van der Waals surface area contributed by atoms with E-state index in [4.69, 9.17) is 15.8 Å². The first-order chi connectivity index (χ1) is 5.81. The van der Waals surface area contributed by atoms with Gasteiger partial charge in [0.15, 0.2) is 5.69 Å². The molecule has 1 aromatic heterocycles. The normalized spacial score (nSPS) is 7.75. The lowest BCUT2D eigenvalue weighted by atomic mass is 10.2. The average molecular weight is 154 g/mol. The maximum Gasteiger partial charge on any atom is 0.159 e. The van der Waals surface area contributed by atoms with Crippen LogP contribution in [0, 0.1) is 34.0 Å². The Balaban J connectivity index is 3.37. The summed E-state index contributed by atoms with van der Waals surface area (Å²) in [7, 11) is 0. The third kappa shape index (κ3) is 1.21. The van der Waals surface area contributed by atoms with Gasteiger partial charge in [0.25, 0.3) is 0 Å². The van der Waals surface area contributed by atoms with Gasteiger partial charge >= 0.3 is 0 Å². The van der Waals surface area contributed by atoms with Crippen LogP contribution in [0.5, 0.6) is 0 Å². The molecule has 54 valence electrons. The molecule has 0 saturated heterocycles.